The second-order valence-corrected chi connectivity index (χ2v) is 7.58. The first kappa shape index (κ1) is 18.8. The SMILES string of the molecule is CCOc1cccc2c1OC(c1ccccn1)N1N=C(c3cc(Cl)ccc3O)CC21. The lowest BCUT2D eigenvalue weighted by molar-refractivity contribution is -0.0240. The highest BCUT2D eigenvalue weighted by molar-refractivity contribution is 6.31. The summed E-state index contributed by atoms with van der Waals surface area (Å²) in [4.78, 5) is 4.49. The molecule has 152 valence electrons. The first-order valence-electron chi connectivity index (χ1n) is 9.83. The van der Waals surface area contributed by atoms with Crippen molar-refractivity contribution in [1.29, 1.82) is 0 Å². The van der Waals surface area contributed by atoms with Crippen LogP contribution >= 0.6 is 11.6 Å². The molecule has 2 atom stereocenters. The number of aromatic hydroxyl groups is 1. The van der Waals surface area contributed by atoms with Crippen molar-refractivity contribution in [2.45, 2.75) is 25.6 Å². The molecule has 0 saturated carbocycles. The van der Waals surface area contributed by atoms with E-state index in [2.05, 4.69) is 4.98 Å². The number of hydrogen-bond acceptors (Lipinski definition) is 6. The highest BCUT2D eigenvalue weighted by Crippen LogP contribution is 2.50. The van der Waals surface area contributed by atoms with Gasteiger partial charge in [-0.25, -0.2) is 5.01 Å². The maximum Gasteiger partial charge on any atom is 0.230 e. The molecular formula is C23H20ClN3O3. The average molecular weight is 422 g/mol. The number of halogens is 1. The van der Waals surface area contributed by atoms with E-state index in [1.165, 1.54) is 0 Å². The standard InChI is InChI=1S/C23H20ClN3O3/c1-2-29-21-8-5-6-15-19-13-18(16-12-14(24)9-10-20(16)28)26-27(19)23(30-22(15)21)17-7-3-4-11-25-17/h3-12,19,23,28H,2,13H2,1H3. The molecule has 2 aromatic carbocycles. The molecule has 1 N–H and O–H groups in total. The summed E-state index contributed by atoms with van der Waals surface area (Å²) in [5, 5.41) is 17.7. The Labute approximate surface area is 179 Å². The van der Waals surface area contributed by atoms with Crippen LogP contribution in [0, 0.1) is 0 Å². The minimum Gasteiger partial charge on any atom is -0.507 e. The van der Waals surface area contributed by atoms with Crippen molar-refractivity contribution < 1.29 is 14.6 Å². The highest BCUT2D eigenvalue weighted by Gasteiger charge is 2.43. The van der Waals surface area contributed by atoms with Crippen LogP contribution < -0.4 is 9.47 Å². The van der Waals surface area contributed by atoms with E-state index in [4.69, 9.17) is 26.2 Å². The zero-order chi connectivity index (χ0) is 20.7. The van der Waals surface area contributed by atoms with Crippen molar-refractivity contribution in [2.75, 3.05) is 6.61 Å². The van der Waals surface area contributed by atoms with Crippen LogP contribution in [0.4, 0.5) is 0 Å². The Morgan fingerprint density at radius 1 is 1.20 bits per heavy atom. The molecule has 2 aliphatic heterocycles. The van der Waals surface area contributed by atoms with Crippen molar-refractivity contribution in [3.8, 4) is 17.2 Å². The number of nitrogens with zero attached hydrogens (tertiary/aromatic N) is 3. The molecule has 0 amide bonds. The number of hydrazone groups is 1. The van der Waals surface area contributed by atoms with Crippen molar-refractivity contribution >= 4 is 17.3 Å². The van der Waals surface area contributed by atoms with Crippen LogP contribution in [-0.2, 0) is 0 Å². The van der Waals surface area contributed by atoms with Gasteiger partial charge in [0.15, 0.2) is 11.5 Å². The smallest absolute Gasteiger partial charge is 0.230 e. The minimum atomic E-state index is -0.510. The van der Waals surface area contributed by atoms with Crippen LogP contribution in [0.3, 0.4) is 0 Å². The van der Waals surface area contributed by atoms with E-state index in [1.807, 2.05) is 48.3 Å². The lowest BCUT2D eigenvalue weighted by atomic mass is 9.95. The van der Waals surface area contributed by atoms with Crippen molar-refractivity contribution in [2.24, 2.45) is 5.10 Å². The monoisotopic (exact) mass is 421 g/mol. The number of para-hydroxylation sites is 1. The van der Waals surface area contributed by atoms with Crippen LogP contribution in [0.2, 0.25) is 5.02 Å². The lowest BCUT2D eigenvalue weighted by Gasteiger charge is -2.38. The molecule has 3 heterocycles. The van der Waals surface area contributed by atoms with Gasteiger partial charge in [0, 0.05) is 28.8 Å². The van der Waals surface area contributed by atoms with Gasteiger partial charge in [0.2, 0.25) is 6.23 Å². The second kappa shape index (κ2) is 7.54. The van der Waals surface area contributed by atoms with Crippen molar-refractivity contribution in [1.82, 2.24) is 9.99 Å². The number of pyridine rings is 1. The quantitative estimate of drug-likeness (QED) is 0.636. The van der Waals surface area contributed by atoms with Gasteiger partial charge in [-0.2, -0.15) is 5.10 Å². The fourth-order valence-electron chi connectivity index (χ4n) is 3.97. The molecule has 0 aliphatic carbocycles. The molecule has 2 unspecified atom stereocenters. The van der Waals surface area contributed by atoms with Gasteiger partial charge in [-0.15, -0.1) is 0 Å². The number of phenols is 1. The topological polar surface area (TPSA) is 67.2 Å². The molecule has 0 fully saturated rings. The van der Waals surface area contributed by atoms with Crippen LogP contribution in [0.15, 0.2) is 65.9 Å². The van der Waals surface area contributed by atoms with E-state index >= 15 is 0 Å². The predicted octanol–water partition coefficient (Wildman–Crippen LogP) is 5.08. The number of rotatable bonds is 4. The number of hydrogen-bond donors (Lipinski definition) is 1. The fraction of sp³-hybridized carbons (Fsp3) is 0.217. The van der Waals surface area contributed by atoms with Crippen LogP contribution in [0.5, 0.6) is 17.2 Å². The molecule has 6 nitrogen and oxygen atoms in total. The molecule has 2 aliphatic rings. The predicted molar refractivity (Wildman–Crippen MR) is 114 cm³/mol. The number of fused-ring (bicyclic) bond motifs is 3. The van der Waals surface area contributed by atoms with Gasteiger partial charge in [0.05, 0.1) is 18.4 Å². The largest absolute Gasteiger partial charge is 0.507 e. The summed E-state index contributed by atoms with van der Waals surface area (Å²) < 4.78 is 12.2. The maximum atomic E-state index is 10.4. The molecule has 0 spiro atoms. The molecule has 0 saturated heterocycles. The Balaban J connectivity index is 1.63. The Kier molecular flexibility index (Phi) is 4.71. The minimum absolute atomic E-state index is 0.0745. The summed E-state index contributed by atoms with van der Waals surface area (Å²) in [7, 11) is 0. The zero-order valence-electron chi connectivity index (χ0n) is 16.3. The molecule has 3 aromatic rings. The Morgan fingerprint density at radius 3 is 2.90 bits per heavy atom. The van der Waals surface area contributed by atoms with Gasteiger partial charge < -0.3 is 14.6 Å². The molecule has 0 radical (unpaired) electrons. The van der Waals surface area contributed by atoms with E-state index in [0.717, 1.165) is 17.0 Å². The average Bonchev–Trinajstić information content (AvgIpc) is 3.21. The van der Waals surface area contributed by atoms with Gasteiger partial charge in [-0.05, 0) is 43.3 Å². The summed E-state index contributed by atoms with van der Waals surface area (Å²) >= 11 is 6.18. The second-order valence-electron chi connectivity index (χ2n) is 7.14. The third-order valence-electron chi connectivity index (χ3n) is 5.29. The summed E-state index contributed by atoms with van der Waals surface area (Å²) in [5.41, 5.74) is 3.12. The van der Waals surface area contributed by atoms with Crippen molar-refractivity contribution in [3.63, 3.8) is 0 Å². The molecule has 0 bridgehead atoms. The maximum absolute atomic E-state index is 10.4. The van der Waals surface area contributed by atoms with Crippen molar-refractivity contribution in [3.05, 3.63) is 82.6 Å². The third kappa shape index (κ3) is 3.13. The van der Waals surface area contributed by atoms with E-state index in [-0.39, 0.29) is 11.8 Å². The Hall–Kier alpha value is -3.25. The van der Waals surface area contributed by atoms with E-state index in [0.29, 0.717) is 35.1 Å². The first-order valence-corrected chi connectivity index (χ1v) is 10.2. The summed E-state index contributed by atoms with van der Waals surface area (Å²) in [6, 6.07) is 16.5. The Morgan fingerprint density at radius 2 is 2.10 bits per heavy atom. The number of benzene rings is 2. The van der Waals surface area contributed by atoms with Gasteiger partial charge in [-0.1, -0.05) is 29.8 Å². The summed E-state index contributed by atoms with van der Waals surface area (Å²) in [6.07, 6.45) is 1.83. The number of phenolic OH excluding ortho intramolecular Hbond substituents is 1. The molecule has 5 rings (SSSR count). The molecular weight excluding hydrogens is 402 g/mol. The van der Waals surface area contributed by atoms with Gasteiger partial charge in [0.25, 0.3) is 0 Å². The number of ether oxygens (including phenoxy) is 2. The van der Waals surface area contributed by atoms with Crippen LogP contribution in [0.25, 0.3) is 0 Å². The normalized spacial score (nSPS) is 19.5. The van der Waals surface area contributed by atoms with E-state index in [1.54, 1.807) is 24.4 Å². The van der Waals surface area contributed by atoms with Gasteiger partial charge >= 0.3 is 0 Å². The van der Waals surface area contributed by atoms with E-state index < -0.39 is 6.23 Å². The Bertz CT molecular complexity index is 1120. The highest BCUT2D eigenvalue weighted by atomic mass is 35.5. The van der Waals surface area contributed by atoms with Gasteiger partial charge in [-0.3, -0.25) is 4.98 Å². The van der Waals surface area contributed by atoms with E-state index in [9.17, 15) is 5.11 Å². The first-order chi connectivity index (χ1) is 14.7. The van der Waals surface area contributed by atoms with Crippen LogP contribution in [0.1, 0.15) is 42.4 Å². The lowest BCUT2D eigenvalue weighted by Crippen LogP contribution is -2.34. The molecule has 7 heteroatoms. The number of aromatic nitrogens is 1. The zero-order valence-corrected chi connectivity index (χ0v) is 17.1. The molecule has 30 heavy (non-hydrogen) atoms. The molecule has 1 aromatic heterocycles. The summed E-state index contributed by atoms with van der Waals surface area (Å²) in [6.45, 7) is 2.49. The third-order valence-corrected chi connectivity index (χ3v) is 5.53. The van der Waals surface area contributed by atoms with Crippen LogP contribution in [-0.4, -0.2) is 27.4 Å². The fourth-order valence-corrected chi connectivity index (χ4v) is 4.14. The van der Waals surface area contributed by atoms with Gasteiger partial charge in [0.1, 0.15) is 11.4 Å². The summed E-state index contributed by atoms with van der Waals surface area (Å²) in [5.74, 6) is 1.56.